The largest absolute Gasteiger partial charge is 0.358 e. The molecule has 0 aliphatic rings. The molecule has 0 spiro atoms. The SMILES string of the molecule is CCOC(C#N)c1ccc(C)s1. The van der Waals surface area contributed by atoms with Crippen LogP contribution >= 0.6 is 11.3 Å². The molecule has 0 bridgehead atoms. The minimum atomic E-state index is -0.381. The summed E-state index contributed by atoms with van der Waals surface area (Å²) in [5.41, 5.74) is 0. The van der Waals surface area contributed by atoms with Crippen LogP contribution in [0.15, 0.2) is 12.1 Å². The Kier molecular flexibility index (Phi) is 3.27. The highest BCUT2D eigenvalue weighted by atomic mass is 32.1. The first kappa shape index (κ1) is 9.24. The first-order valence-electron chi connectivity index (χ1n) is 3.85. The third-order valence-corrected chi connectivity index (χ3v) is 2.51. The first-order chi connectivity index (χ1) is 5.77. The number of hydrogen-bond acceptors (Lipinski definition) is 3. The van der Waals surface area contributed by atoms with Crippen LogP contribution in [-0.2, 0) is 4.74 Å². The van der Waals surface area contributed by atoms with Crippen molar-refractivity contribution >= 4 is 11.3 Å². The molecule has 1 heterocycles. The van der Waals surface area contributed by atoms with Crippen LogP contribution in [0.5, 0.6) is 0 Å². The number of nitriles is 1. The summed E-state index contributed by atoms with van der Waals surface area (Å²) in [4.78, 5) is 2.21. The molecule has 0 fully saturated rings. The second-order valence-corrected chi connectivity index (χ2v) is 3.73. The van der Waals surface area contributed by atoms with E-state index in [0.29, 0.717) is 6.61 Å². The maximum Gasteiger partial charge on any atom is 0.178 e. The van der Waals surface area contributed by atoms with E-state index in [1.165, 1.54) is 4.88 Å². The minimum Gasteiger partial charge on any atom is -0.358 e. The van der Waals surface area contributed by atoms with E-state index in [1.807, 2.05) is 26.0 Å². The molecule has 1 rings (SSSR count). The zero-order chi connectivity index (χ0) is 8.97. The van der Waals surface area contributed by atoms with Gasteiger partial charge in [0.1, 0.15) is 6.07 Å². The Hall–Kier alpha value is -0.850. The molecule has 1 unspecified atom stereocenters. The molecule has 0 radical (unpaired) electrons. The summed E-state index contributed by atoms with van der Waals surface area (Å²) < 4.78 is 5.24. The van der Waals surface area contributed by atoms with Crippen molar-refractivity contribution in [3.05, 3.63) is 21.9 Å². The van der Waals surface area contributed by atoms with Crippen molar-refractivity contribution in [3.8, 4) is 6.07 Å². The molecular weight excluding hydrogens is 170 g/mol. The van der Waals surface area contributed by atoms with Gasteiger partial charge < -0.3 is 4.74 Å². The van der Waals surface area contributed by atoms with E-state index in [-0.39, 0.29) is 6.10 Å². The molecule has 1 atom stereocenters. The number of aryl methyl sites for hydroxylation is 1. The minimum absolute atomic E-state index is 0.381. The van der Waals surface area contributed by atoms with Crippen LogP contribution in [0.4, 0.5) is 0 Å². The van der Waals surface area contributed by atoms with E-state index in [2.05, 4.69) is 6.07 Å². The summed E-state index contributed by atoms with van der Waals surface area (Å²) in [6.45, 7) is 4.49. The van der Waals surface area contributed by atoms with Crippen LogP contribution in [0.2, 0.25) is 0 Å². The summed E-state index contributed by atoms with van der Waals surface area (Å²) >= 11 is 1.61. The van der Waals surface area contributed by atoms with E-state index in [0.717, 1.165) is 4.88 Å². The standard InChI is InChI=1S/C9H11NOS/c1-3-11-8(6-10)9-5-4-7(2)12-9/h4-5,8H,3H2,1-2H3. The molecule has 64 valence electrons. The lowest BCUT2D eigenvalue weighted by Crippen LogP contribution is -1.98. The van der Waals surface area contributed by atoms with Gasteiger partial charge in [-0.2, -0.15) is 5.26 Å². The number of nitrogens with zero attached hydrogens (tertiary/aromatic N) is 1. The molecule has 2 nitrogen and oxygen atoms in total. The Morgan fingerprint density at radius 3 is 2.83 bits per heavy atom. The van der Waals surface area contributed by atoms with Crippen molar-refractivity contribution in [2.45, 2.75) is 20.0 Å². The molecule has 0 aromatic carbocycles. The molecule has 0 N–H and O–H groups in total. The number of thiophene rings is 1. The summed E-state index contributed by atoms with van der Waals surface area (Å²) in [5, 5.41) is 8.75. The highest BCUT2D eigenvalue weighted by molar-refractivity contribution is 7.12. The van der Waals surface area contributed by atoms with E-state index < -0.39 is 0 Å². The van der Waals surface area contributed by atoms with Gasteiger partial charge in [0.05, 0.1) is 0 Å². The fourth-order valence-corrected chi connectivity index (χ4v) is 1.82. The smallest absolute Gasteiger partial charge is 0.178 e. The number of rotatable bonds is 3. The van der Waals surface area contributed by atoms with E-state index in [1.54, 1.807) is 11.3 Å². The van der Waals surface area contributed by atoms with Gasteiger partial charge in [-0.1, -0.05) is 0 Å². The van der Waals surface area contributed by atoms with Crippen molar-refractivity contribution in [3.63, 3.8) is 0 Å². The molecule has 0 amide bonds. The lowest BCUT2D eigenvalue weighted by molar-refractivity contribution is 0.104. The molecule has 0 aliphatic carbocycles. The Bertz CT molecular complexity index is 287. The number of hydrogen-bond donors (Lipinski definition) is 0. The molecule has 0 saturated heterocycles. The number of ether oxygens (including phenoxy) is 1. The molecular formula is C9H11NOS. The van der Waals surface area contributed by atoms with E-state index >= 15 is 0 Å². The maximum atomic E-state index is 8.75. The lowest BCUT2D eigenvalue weighted by Gasteiger charge is -2.04. The first-order valence-corrected chi connectivity index (χ1v) is 4.67. The average Bonchev–Trinajstić information content (AvgIpc) is 2.47. The third-order valence-electron chi connectivity index (χ3n) is 1.47. The van der Waals surface area contributed by atoms with Gasteiger partial charge in [0.2, 0.25) is 0 Å². The predicted molar refractivity (Wildman–Crippen MR) is 49.0 cm³/mol. The monoisotopic (exact) mass is 181 g/mol. The van der Waals surface area contributed by atoms with E-state index in [4.69, 9.17) is 10.00 Å². The average molecular weight is 181 g/mol. The molecule has 0 aliphatic heterocycles. The second kappa shape index (κ2) is 4.24. The Balaban J connectivity index is 2.74. The van der Waals surface area contributed by atoms with Crippen molar-refractivity contribution in [2.75, 3.05) is 6.61 Å². The van der Waals surface area contributed by atoms with Gasteiger partial charge >= 0.3 is 0 Å². The van der Waals surface area contributed by atoms with Gasteiger partial charge in [0.15, 0.2) is 6.10 Å². The molecule has 0 saturated carbocycles. The zero-order valence-corrected chi connectivity index (χ0v) is 8.02. The fraction of sp³-hybridized carbons (Fsp3) is 0.444. The maximum absolute atomic E-state index is 8.75. The van der Waals surface area contributed by atoms with Gasteiger partial charge in [-0.3, -0.25) is 0 Å². The van der Waals surface area contributed by atoms with Gasteiger partial charge in [-0.15, -0.1) is 11.3 Å². The van der Waals surface area contributed by atoms with Gasteiger partial charge in [-0.25, -0.2) is 0 Å². The Morgan fingerprint density at radius 1 is 1.67 bits per heavy atom. The topological polar surface area (TPSA) is 33.0 Å². The van der Waals surface area contributed by atoms with Gasteiger partial charge in [0, 0.05) is 16.4 Å². The fourth-order valence-electron chi connectivity index (χ4n) is 0.944. The third kappa shape index (κ3) is 2.07. The van der Waals surface area contributed by atoms with Crippen LogP contribution in [0, 0.1) is 18.3 Å². The van der Waals surface area contributed by atoms with Crippen molar-refractivity contribution in [2.24, 2.45) is 0 Å². The quantitative estimate of drug-likeness (QED) is 0.718. The molecule has 12 heavy (non-hydrogen) atoms. The van der Waals surface area contributed by atoms with Gasteiger partial charge in [-0.05, 0) is 26.0 Å². The summed E-state index contributed by atoms with van der Waals surface area (Å²) in [5.74, 6) is 0. The highest BCUT2D eigenvalue weighted by Gasteiger charge is 2.11. The summed E-state index contributed by atoms with van der Waals surface area (Å²) in [6, 6.07) is 6.07. The summed E-state index contributed by atoms with van der Waals surface area (Å²) in [6.07, 6.45) is -0.381. The molecule has 3 heteroatoms. The second-order valence-electron chi connectivity index (χ2n) is 2.41. The highest BCUT2D eigenvalue weighted by Crippen LogP contribution is 2.24. The van der Waals surface area contributed by atoms with Crippen LogP contribution in [0.25, 0.3) is 0 Å². The van der Waals surface area contributed by atoms with Crippen LogP contribution in [-0.4, -0.2) is 6.61 Å². The Labute approximate surface area is 76.4 Å². The van der Waals surface area contributed by atoms with Crippen molar-refractivity contribution in [1.29, 1.82) is 5.26 Å². The lowest BCUT2D eigenvalue weighted by atomic mass is 10.3. The Morgan fingerprint density at radius 2 is 2.42 bits per heavy atom. The molecule has 1 aromatic rings. The normalized spacial score (nSPS) is 12.4. The van der Waals surface area contributed by atoms with Crippen molar-refractivity contribution in [1.82, 2.24) is 0 Å². The van der Waals surface area contributed by atoms with Gasteiger partial charge in [0.25, 0.3) is 0 Å². The van der Waals surface area contributed by atoms with Crippen LogP contribution in [0.1, 0.15) is 22.8 Å². The zero-order valence-electron chi connectivity index (χ0n) is 7.20. The van der Waals surface area contributed by atoms with Crippen molar-refractivity contribution < 1.29 is 4.74 Å². The van der Waals surface area contributed by atoms with Crippen LogP contribution in [0.3, 0.4) is 0 Å². The summed E-state index contributed by atoms with van der Waals surface area (Å²) in [7, 11) is 0. The predicted octanol–water partition coefficient (Wildman–Crippen LogP) is 2.66. The van der Waals surface area contributed by atoms with E-state index in [9.17, 15) is 0 Å². The van der Waals surface area contributed by atoms with Crippen LogP contribution < -0.4 is 0 Å². The molecule has 1 aromatic heterocycles.